The summed E-state index contributed by atoms with van der Waals surface area (Å²) in [6, 6.07) is 21.5. The molecule has 2 aromatic carbocycles. The quantitative estimate of drug-likeness (QED) is 0.574. The van der Waals surface area contributed by atoms with Gasteiger partial charge in [0.25, 0.3) is 0 Å². The van der Waals surface area contributed by atoms with Crippen LogP contribution in [-0.4, -0.2) is 11.7 Å². The molecule has 0 bridgehead atoms. The number of hydrogen-bond acceptors (Lipinski definition) is 3. The van der Waals surface area contributed by atoms with Crippen molar-refractivity contribution < 1.29 is 0 Å². The molecule has 1 aliphatic heterocycles. The van der Waals surface area contributed by atoms with E-state index in [4.69, 9.17) is 0 Å². The SMILES string of the molecule is Cc1ccccc1N1CN(c2cccc(C(C)(C)C)c2)c2cccnc21. The van der Waals surface area contributed by atoms with Crippen molar-refractivity contribution in [2.45, 2.75) is 33.1 Å². The van der Waals surface area contributed by atoms with Crippen LogP contribution in [0.5, 0.6) is 0 Å². The number of pyridine rings is 1. The maximum atomic E-state index is 4.69. The van der Waals surface area contributed by atoms with E-state index >= 15 is 0 Å². The molecule has 0 spiro atoms. The zero-order valence-electron chi connectivity index (χ0n) is 15.9. The maximum absolute atomic E-state index is 4.69. The normalized spacial score (nSPS) is 13.8. The molecule has 0 fully saturated rings. The van der Waals surface area contributed by atoms with Crippen LogP contribution in [0.3, 0.4) is 0 Å². The Labute approximate surface area is 155 Å². The van der Waals surface area contributed by atoms with Crippen LogP contribution < -0.4 is 9.80 Å². The molecule has 26 heavy (non-hydrogen) atoms. The van der Waals surface area contributed by atoms with Crippen LogP contribution in [-0.2, 0) is 5.41 Å². The summed E-state index contributed by atoms with van der Waals surface area (Å²) >= 11 is 0. The van der Waals surface area contributed by atoms with Crippen molar-refractivity contribution in [3.63, 3.8) is 0 Å². The second-order valence-corrected chi connectivity index (χ2v) is 7.93. The first-order chi connectivity index (χ1) is 12.4. The van der Waals surface area contributed by atoms with Crippen LogP contribution in [0.2, 0.25) is 0 Å². The Bertz CT molecular complexity index is 940. The predicted octanol–water partition coefficient (Wildman–Crippen LogP) is 5.93. The van der Waals surface area contributed by atoms with Gasteiger partial charge in [0.2, 0.25) is 0 Å². The van der Waals surface area contributed by atoms with E-state index in [1.54, 1.807) is 0 Å². The van der Waals surface area contributed by atoms with Crippen molar-refractivity contribution in [2.75, 3.05) is 16.5 Å². The molecule has 0 amide bonds. The van der Waals surface area contributed by atoms with Crippen LogP contribution >= 0.6 is 0 Å². The second-order valence-electron chi connectivity index (χ2n) is 7.93. The number of aryl methyl sites for hydroxylation is 1. The molecule has 1 aromatic heterocycles. The fourth-order valence-corrected chi connectivity index (χ4v) is 3.51. The topological polar surface area (TPSA) is 19.4 Å². The lowest BCUT2D eigenvalue weighted by atomic mass is 9.87. The second kappa shape index (κ2) is 6.17. The molecule has 3 heteroatoms. The first-order valence-corrected chi connectivity index (χ1v) is 9.11. The van der Waals surface area contributed by atoms with Gasteiger partial charge in [-0.2, -0.15) is 0 Å². The van der Waals surface area contributed by atoms with Crippen LogP contribution in [0.1, 0.15) is 31.9 Å². The molecule has 0 unspecified atom stereocenters. The molecule has 1 aliphatic rings. The van der Waals surface area contributed by atoms with Crippen molar-refractivity contribution in [1.82, 2.24) is 4.98 Å². The summed E-state index contributed by atoms with van der Waals surface area (Å²) < 4.78 is 0. The van der Waals surface area contributed by atoms with Crippen molar-refractivity contribution in [3.05, 3.63) is 78.0 Å². The van der Waals surface area contributed by atoms with Crippen LogP contribution in [0.4, 0.5) is 22.9 Å². The highest BCUT2D eigenvalue weighted by molar-refractivity contribution is 5.85. The highest BCUT2D eigenvalue weighted by atomic mass is 15.4. The molecule has 0 atom stereocenters. The smallest absolute Gasteiger partial charge is 0.158 e. The summed E-state index contributed by atoms with van der Waals surface area (Å²) in [5, 5.41) is 0. The molecule has 0 aliphatic carbocycles. The number of nitrogens with zero attached hydrogens (tertiary/aromatic N) is 3. The Morgan fingerprint density at radius 3 is 2.38 bits per heavy atom. The van der Waals surface area contributed by atoms with Gasteiger partial charge in [-0.3, -0.25) is 0 Å². The summed E-state index contributed by atoms with van der Waals surface area (Å²) in [5.41, 5.74) is 6.30. The van der Waals surface area contributed by atoms with E-state index in [9.17, 15) is 0 Å². The Hall–Kier alpha value is -2.81. The van der Waals surface area contributed by atoms with Crippen molar-refractivity contribution in [1.29, 1.82) is 0 Å². The molecule has 0 radical (unpaired) electrons. The lowest BCUT2D eigenvalue weighted by Gasteiger charge is -2.25. The Morgan fingerprint density at radius 1 is 0.846 bits per heavy atom. The third kappa shape index (κ3) is 2.84. The third-order valence-electron chi connectivity index (χ3n) is 5.03. The number of hydrogen-bond donors (Lipinski definition) is 0. The zero-order chi connectivity index (χ0) is 18.3. The van der Waals surface area contributed by atoms with Gasteiger partial charge in [0.1, 0.15) is 6.67 Å². The highest BCUT2D eigenvalue weighted by Gasteiger charge is 2.30. The number of para-hydroxylation sites is 1. The van der Waals surface area contributed by atoms with Crippen molar-refractivity contribution >= 4 is 22.9 Å². The Kier molecular flexibility index (Phi) is 3.95. The minimum Gasteiger partial charge on any atom is -0.320 e. The molecule has 0 saturated carbocycles. The first-order valence-electron chi connectivity index (χ1n) is 9.11. The minimum absolute atomic E-state index is 0.128. The van der Waals surface area contributed by atoms with Gasteiger partial charge in [-0.25, -0.2) is 4.98 Å². The Morgan fingerprint density at radius 2 is 1.62 bits per heavy atom. The molecule has 4 rings (SSSR count). The van der Waals surface area contributed by atoms with Crippen LogP contribution in [0, 0.1) is 6.92 Å². The monoisotopic (exact) mass is 343 g/mol. The van der Waals surface area contributed by atoms with Gasteiger partial charge >= 0.3 is 0 Å². The van der Waals surface area contributed by atoms with Gasteiger partial charge in [-0.15, -0.1) is 0 Å². The summed E-state index contributed by atoms with van der Waals surface area (Å²) in [7, 11) is 0. The van der Waals surface area contributed by atoms with E-state index in [2.05, 4.69) is 97.1 Å². The number of fused-ring (bicyclic) bond motifs is 1. The summed E-state index contributed by atoms with van der Waals surface area (Å²) in [5.74, 6) is 1.02. The molecule has 3 aromatic rings. The summed E-state index contributed by atoms with van der Waals surface area (Å²) in [6.07, 6.45) is 1.87. The average Bonchev–Trinajstić information content (AvgIpc) is 3.01. The third-order valence-corrected chi connectivity index (χ3v) is 5.03. The molecular weight excluding hydrogens is 318 g/mol. The van der Waals surface area contributed by atoms with Crippen molar-refractivity contribution in [2.24, 2.45) is 0 Å². The van der Waals surface area contributed by atoms with Gasteiger partial charge in [0.15, 0.2) is 5.82 Å². The summed E-state index contributed by atoms with van der Waals surface area (Å²) in [4.78, 5) is 9.34. The number of anilines is 4. The number of rotatable bonds is 2. The molecule has 0 saturated heterocycles. The average molecular weight is 343 g/mol. The number of benzene rings is 2. The van der Waals surface area contributed by atoms with Crippen LogP contribution in [0.25, 0.3) is 0 Å². The van der Waals surface area contributed by atoms with Gasteiger partial charge in [0, 0.05) is 17.6 Å². The molecule has 3 nitrogen and oxygen atoms in total. The maximum Gasteiger partial charge on any atom is 0.158 e. The van der Waals surface area contributed by atoms with Gasteiger partial charge in [-0.05, 0) is 53.8 Å². The van der Waals surface area contributed by atoms with Gasteiger partial charge in [0.05, 0.1) is 5.69 Å². The van der Waals surface area contributed by atoms with E-state index in [-0.39, 0.29) is 5.41 Å². The minimum atomic E-state index is 0.128. The summed E-state index contributed by atoms with van der Waals surface area (Å²) in [6.45, 7) is 9.69. The molecule has 0 N–H and O–H groups in total. The standard InChI is InChI=1S/C23H25N3/c1-17-9-5-6-12-20(17)26-16-25(21-13-8-14-24-22(21)26)19-11-7-10-18(15-19)23(2,3)4/h5-15H,16H2,1-4H3. The fraction of sp³-hybridized carbons (Fsp3) is 0.261. The van der Waals surface area contributed by atoms with E-state index in [0.29, 0.717) is 0 Å². The first kappa shape index (κ1) is 16.6. The zero-order valence-corrected chi connectivity index (χ0v) is 15.9. The lowest BCUT2D eigenvalue weighted by molar-refractivity contribution is 0.590. The van der Waals surface area contributed by atoms with E-state index in [1.807, 2.05) is 12.3 Å². The van der Waals surface area contributed by atoms with Crippen LogP contribution in [0.15, 0.2) is 66.9 Å². The number of aromatic nitrogens is 1. The largest absolute Gasteiger partial charge is 0.320 e. The van der Waals surface area contributed by atoms with E-state index in [0.717, 1.165) is 18.2 Å². The predicted molar refractivity (Wildman–Crippen MR) is 110 cm³/mol. The van der Waals surface area contributed by atoms with Gasteiger partial charge in [-0.1, -0.05) is 51.1 Å². The van der Waals surface area contributed by atoms with E-state index in [1.165, 1.54) is 22.5 Å². The highest BCUT2D eigenvalue weighted by Crippen LogP contribution is 2.43. The molecule has 132 valence electrons. The van der Waals surface area contributed by atoms with E-state index < -0.39 is 0 Å². The molecule has 2 heterocycles. The van der Waals surface area contributed by atoms with Gasteiger partial charge < -0.3 is 9.80 Å². The fourth-order valence-electron chi connectivity index (χ4n) is 3.51. The lowest BCUT2D eigenvalue weighted by Crippen LogP contribution is -2.25. The van der Waals surface area contributed by atoms with Crippen molar-refractivity contribution in [3.8, 4) is 0 Å². The molecular formula is C23H25N3. The Balaban J connectivity index is 1.79.